The topological polar surface area (TPSA) is 7.76 Å². The Hall–Kier alpha value is -2.30. The van der Waals surface area contributed by atoms with E-state index in [4.69, 9.17) is 0 Å². The first-order valence-electron chi connectivity index (χ1n) is 8.34. The van der Waals surface area contributed by atoms with Crippen LogP contribution < -0.4 is 9.13 Å². The molecule has 0 amide bonds. The summed E-state index contributed by atoms with van der Waals surface area (Å²) in [4.78, 5) is 1.92. The number of thiol groups is 2. The van der Waals surface area contributed by atoms with Gasteiger partial charge in [-0.2, -0.15) is 0 Å². The maximum atomic E-state index is 4.53. The van der Waals surface area contributed by atoms with Crippen molar-refractivity contribution >= 4 is 49.6 Å². The highest BCUT2D eigenvalue weighted by Crippen LogP contribution is 2.18. The quantitative estimate of drug-likeness (QED) is 0.496. The average molecular weight is 379 g/mol. The first-order chi connectivity index (χ1) is 12.5. The lowest BCUT2D eigenvalue weighted by Gasteiger charge is -2.00. The third kappa shape index (κ3) is 4.87. The van der Waals surface area contributed by atoms with Crippen LogP contribution in [0.4, 0.5) is 0 Å². The van der Waals surface area contributed by atoms with Gasteiger partial charge in [-0.3, -0.25) is 0 Å². The van der Waals surface area contributed by atoms with Gasteiger partial charge in [0.25, 0.3) is 0 Å². The number of rotatable bonds is 4. The van der Waals surface area contributed by atoms with E-state index in [9.17, 15) is 0 Å². The minimum atomic E-state index is 0.959. The zero-order valence-electron chi connectivity index (χ0n) is 14.9. The fraction of sp³-hybridized carbons (Fsp3) is 0.0909. The number of benzene rings is 1. The first-order valence-corrected chi connectivity index (χ1v) is 9.23. The Bertz CT molecular complexity index is 914. The maximum Gasteiger partial charge on any atom is 0.182 e. The summed E-state index contributed by atoms with van der Waals surface area (Å²) >= 11 is 9.07. The molecule has 26 heavy (non-hydrogen) atoms. The number of hydrogen-bond acceptors (Lipinski definition) is 2. The van der Waals surface area contributed by atoms with Gasteiger partial charge in [-0.15, -0.1) is 25.3 Å². The maximum absolute atomic E-state index is 4.53. The molecule has 0 aliphatic rings. The van der Waals surface area contributed by atoms with Gasteiger partial charge in [-0.1, -0.05) is 42.5 Å². The van der Waals surface area contributed by atoms with E-state index < -0.39 is 0 Å². The molecule has 0 saturated carbocycles. The molecule has 0 spiro atoms. The molecule has 2 heterocycles. The number of aromatic nitrogens is 2. The molecule has 0 unspecified atom stereocenters. The van der Waals surface area contributed by atoms with E-state index >= 15 is 0 Å². The first kappa shape index (κ1) is 18.5. The number of nitrogens with zero attached hydrogens (tertiary/aromatic N) is 2. The number of hydrogen-bond donors (Lipinski definition) is 2. The molecule has 4 heteroatoms. The van der Waals surface area contributed by atoms with E-state index in [0.29, 0.717) is 0 Å². The van der Waals surface area contributed by atoms with Gasteiger partial charge in [0.05, 0.1) is 9.79 Å². The zero-order chi connectivity index (χ0) is 18.5. The predicted molar refractivity (Wildman–Crippen MR) is 114 cm³/mol. The Labute approximate surface area is 166 Å². The summed E-state index contributed by atoms with van der Waals surface area (Å²) in [7, 11) is 3.98. The summed E-state index contributed by atoms with van der Waals surface area (Å²) < 4.78 is 3.98. The third-order valence-electron chi connectivity index (χ3n) is 4.04. The van der Waals surface area contributed by atoms with E-state index in [2.05, 4.69) is 86.0 Å². The van der Waals surface area contributed by atoms with Crippen LogP contribution in [-0.2, 0) is 14.1 Å². The predicted octanol–water partition coefficient (Wildman–Crippen LogP) is 4.25. The van der Waals surface area contributed by atoms with E-state index in [-0.39, 0.29) is 0 Å². The van der Waals surface area contributed by atoms with Gasteiger partial charge in [-0.25, -0.2) is 9.13 Å². The molecule has 0 N–H and O–H groups in total. The van der Waals surface area contributed by atoms with Crippen molar-refractivity contribution in [1.82, 2.24) is 0 Å². The minimum Gasteiger partial charge on any atom is -0.207 e. The van der Waals surface area contributed by atoms with Gasteiger partial charge in [0.1, 0.15) is 14.1 Å². The zero-order valence-corrected chi connectivity index (χ0v) is 16.7. The summed E-state index contributed by atoms with van der Waals surface area (Å²) in [5, 5.41) is 0. The molecule has 0 saturated heterocycles. The van der Waals surface area contributed by atoms with Crippen LogP contribution in [0.15, 0.2) is 71.0 Å². The van der Waals surface area contributed by atoms with Gasteiger partial charge in [0, 0.05) is 12.1 Å². The molecule has 0 aliphatic carbocycles. The van der Waals surface area contributed by atoms with Gasteiger partial charge in [0.15, 0.2) is 24.8 Å². The number of pyridine rings is 2. The van der Waals surface area contributed by atoms with Crippen molar-refractivity contribution in [2.75, 3.05) is 0 Å². The van der Waals surface area contributed by atoms with Crippen LogP contribution in [0.25, 0.3) is 24.3 Å². The molecule has 0 radical (unpaired) electrons. The average Bonchev–Trinajstić information content (AvgIpc) is 2.61. The van der Waals surface area contributed by atoms with Crippen LogP contribution in [0.1, 0.15) is 22.3 Å². The normalized spacial score (nSPS) is 11.5. The van der Waals surface area contributed by atoms with Crippen molar-refractivity contribution in [3.63, 3.8) is 0 Å². The molecule has 130 valence electrons. The molecule has 2 aromatic heterocycles. The molecule has 3 rings (SSSR count). The molecule has 2 nitrogen and oxygen atoms in total. The second kappa shape index (κ2) is 8.39. The molecule has 0 atom stereocenters. The third-order valence-corrected chi connectivity index (χ3v) is 4.79. The Kier molecular flexibility index (Phi) is 5.96. The number of aryl methyl sites for hydroxylation is 2. The second-order valence-corrected chi connectivity index (χ2v) is 7.20. The van der Waals surface area contributed by atoms with Crippen molar-refractivity contribution in [3.8, 4) is 0 Å². The fourth-order valence-corrected chi connectivity index (χ4v) is 3.27. The largest absolute Gasteiger partial charge is 0.207 e. The van der Waals surface area contributed by atoms with Crippen LogP contribution >= 0.6 is 25.3 Å². The fourth-order valence-electron chi connectivity index (χ4n) is 2.61. The monoisotopic (exact) mass is 378 g/mol. The highest BCUT2D eigenvalue weighted by Gasteiger charge is 2.01. The minimum absolute atomic E-state index is 0.959. The van der Waals surface area contributed by atoms with Crippen LogP contribution in [0.2, 0.25) is 0 Å². The summed E-state index contributed by atoms with van der Waals surface area (Å²) in [6, 6.07) is 12.6. The van der Waals surface area contributed by atoms with Gasteiger partial charge in [-0.05, 0) is 28.3 Å². The Morgan fingerprint density at radius 2 is 1.15 bits per heavy atom. The lowest BCUT2D eigenvalue weighted by Crippen LogP contribution is -2.26. The lowest BCUT2D eigenvalue weighted by atomic mass is 10.1. The summed E-state index contributed by atoms with van der Waals surface area (Å²) in [5.74, 6) is 0. The lowest BCUT2D eigenvalue weighted by molar-refractivity contribution is -0.673. The molecule has 0 aliphatic heterocycles. The Morgan fingerprint density at radius 1 is 0.692 bits per heavy atom. The highest BCUT2D eigenvalue weighted by atomic mass is 32.1. The standard InChI is InChI=1S/C22H20N2S2/c1-23-12-10-19(21(25)15-23)8-6-17-4-3-5-18(14-17)7-9-20-11-13-24(2)16-22(20)26/h3-16H,1-2H3/p+2/b8-6+,9-7+. The summed E-state index contributed by atoms with van der Waals surface area (Å²) in [5.41, 5.74) is 4.51. The summed E-state index contributed by atoms with van der Waals surface area (Å²) in [6.07, 6.45) is 16.4. The van der Waals surface area contributed by atoms with Crippen molar-refractivity contribution in [1.29, 1.82) is 0 Å². The van der Waals surface area contributed by atoms with Gasteiger partial charge in [0.2, 0.25) is 0 Å². The van der Waals surface area contributed by atoms with Crippen LogP contribution in [0.5, 0.6) is 0 Å². The van der Waals surface area contributed by atoms with E-state index in [1.54, 1.807) is 0 Å². The van der Waals surface area contributed by atoms with Crippen LogP contribution in [0, 0.1) is 0 Å². The van der Waals surface area contributed by atoms with Crippen molar-refractivity contribution in [3.05, 3.63) is 83.4 Å². The van der Waals surface area contributed by atoms with Gasteiger partial charge >= 0.3 is 0 Å². The molecular weight excluding hydrogens is 356 g/mol. The SMILES string of the molecule is C[n+]1ccc(/C=C/c2cccc(/C=C/c3cc[n+](C)cc3S)c2)c(S)c1. The van der Waals surface area contributed by atoms with Crippen LogP contribution in [0.3, 0.4) is 0 Å². The van der Waals surface area contributed by atoms with Crippen LogP contribution in [-0.4, -0.2) is 0 Å². The van der Waals surface area contributed by atoms with Gasteiger partial charge < -0.3 is 0 Å². The Balaban J connectivity index is 1.79. The van der Waals surface area contributed by atoms with E-state index in [0.717, 1.165) is 32.0 Å². The molecule has 0 fully saturated rings. The van der Waals surface area contributed by atoms with Crippen molar-refractivity contribution in [2.45, 2.75) is 9.79 Å². The van der Waals surface area contributed by atoms with E-state index in [1.807, 2.05) is 48.0 Å². The second-order valence-electron chi connectivity index (χ2n) is 6.24. The van der Waals surface area contributed by atoms with Crippen molar-refractivity contribution < 1.29 is 9.13 Å². The smallest absolute Gasteiger partial charge is 0.182 e. The van der Waals surface area contributed by atoms with E-state index in [1.165, 1.54) is 0 Å². The highest BCUT2D eigenvalue weighted by molar-refractivity contribution is 7.80. The van der Waals surface area contributed by atoms with Crippen molar-refractivity contribution in [2.24, 2.45) is 14.1 Å². The molecule has 0 bridgehead atoms. The molecular formula is C22H22N2S2+2. The molecule has 3 aromatic rings. The summed E-state index contributed by atoms with van der Waals surface area (Å²) in [6.45, 7) is 0. The molecule has 1 aromatic carbocycles. The Morgan fingerprint density at radius 3 is 1.58 bits per heavy atom.